The molecule has 3 unspecified atom stereocenters. The van der Waals surface area contributed by atoms with Crippen molar-refractivity contribution >= 4 is 0 Å². The number of hydrogen-bond acceptors (Lipinski definition) is 3. The molecule has 3 heteroatoms. The minimum Gasteiger partial charge on any atom is -0.326 e. The number of nitrogens with zero attached hydrogens (tertiary/aromatic N) is 2. The summed E-state index contributed by atoms with van der Waals surface area (Å²) in [4.78, 5) is 4.89. The lowest BCUT2D eigenvalue weighted by atomic mass is 9.98. The quantitative estimate of drug-likeness (QED) is 0.770. The molecule has 2 N–H and O–H groups in total. The molecule has 0 aromatic rings. The smallest absolute Gasteiger partial charge is 0.0217 e. The predicted octanol–water partition coefficient (Wildman–Crippen LogP) is 1.39. The van der Waals surface area contributed by atoms with Gasteiger partial charge < -0.3 is 15.5 Å². The van der Waals surface area contributed by atoms with E-state index in [1.807, 2.05) is 0 Å². The van der Waals surface area contributed by atoms with Crippen molar-refractivity contribution in [1.82, 2.24) is 9.80 Å². The van der Waals surface area contributed by atoms with Crippen LogP contribution in [0.3, 0.4) is 0 Å². The Hall–Kier alpha value is -0.120. The van der Waals surface area contributed by atoms with Gasteiger partial charge in [-0.3, -0.25) is 0 Å². The Kier molecular flexibility index (Phi) is 5.73. The molecule has 0 aliphatic carbocycles. The van der Waals surface area contributed by atoms with Gasteiger partial charge >= 0.3 is 0 Å². The van der Waals surface area contributed by atoms with Gasteiger partial charge in [0.2, 0.25) is 0 Å². The fraction of sp³-hybridized carbons (Fsp3) is 1.00. The van der Waals surface area contributed by atoms with Crippen LogP contribution in [-0.4, -0.2) is 55.6 Å². The van der Waals surface area contributed by atoms with Crippen molar-refractivity contribution in [3.8, 4) is 0 Å². The Labute approximate surface area is 101 Å². The third-order valence-electron chi connectivity index (χ3n) is 4.05. The first-order chi connectivity index (χ1) is 7.54. The van der Waals surface area contributed by atoms with Gasteiger partial charge in [-0.2, -0.15) is 0 Å². The van der Waals surface area contributed by atoms with E-state index in [-0.39, 0.29) is 0 Å². The minimum atomic E-state index is 0.339. The first kappa shape index (κ1) is 13.9. The number of rotatable bonds is 5. The molecule has 1 saturated heterocycles. The molecule has 0 spiro atoms. The van der Waals surface area contributed by atoms with Crippen molar-refractivity contribution in [2.45, 2.75) is 45.2 Å². The molecule has 0 aromatic heterocycles. The zero-order chi connectivity index (χ0) is 12.1. The summed E-state index contributed by atoms with van der Waals surface area (Å²) in [5.74, 6) is 0.639. The summed E-state index contributed by atoms with van der Waals surface area (Å²) in [6.45, 7) is 7.98. The summed E-state index contributed by atoms with van der Waals surface area (Å²) < 4.78 is 0. The summed E-state index contributed by atoms with van der Waals surface area (Å²) in [5, 5.41) is 0. The average molecular weight is 227 g/mol. The highest BCUT2D eigenvalue weighted by atomic mass is 15.2. The molecule has 16 heavy (non-hydrogen) atoms. The topological polar surface area (TPSA) is 32.5 Å². The molecule has 0 amide bonds. The molecule has 3 nitrogen and oxygen atoms in total. The van der Waals surface area contributed by atoms with Gasteiger partial charge in [0.05, 0.1) is 0 Å². The van der Waals surface area contributed by atoms with Gasteiger partial charge in [0, 0.05) is 25.2 Å². The van der Waals surface area contributed by atoms with E-state index in [1.165, 1.54) is 32.4 Å². The molecule has 3 atom stereocenters. The van der Waals surface area contributed by atoms with Crippen LogP contribution in [0.2, 0.25) is 0 Å². The normalized spacial score (nSPS) is 27.0. The van der Waals surface area contributed by atoms with Crippen LogP contribution in [0, 0.1) is 5.92 Å². The van der Waals surface area contributed by atoms with Crippen molar-refractivity contribution in [2.75, 3.05) is 33.7 Å². The van der Waals surface area contributed by atoms with Crippen molar-refractivity contribution < 1.29 is 0 Å². The highest BCUT2D eigenvalue weighted by Crippen LogP contribution is 2.15. The highest BCUT2D eigenvalue weighted by Gasteiger charge is 2.23. The van der Waals surface area contributed by atoms with Gasteiger partial charge in [-0.1, -0.05) is 20.3 Å². The molecular formula is C13H29N3. The number of nitrogens with two attached hydrogens (primary N) is 1. The van der Waals surface area contributed by atoms with Gasteiger partial charge in [0.15, 0.2) is 0 Å². The Bertz CT molecular complexity index is 194. The molecule has 0 aromatic carbocycles. The van der Waals surface area contributed by atoms with E-state index in [0.29, 0.717) is 12.0 Å². The Morgan fingerprint density at radius 2 is 2.12 bits per heavy atom. The molecule has 1 aliphatic heterocycles. The largest absolute Gasteiger partial charge is 0.326 e. The van der Waals surface area contributed by atoms with Crippen LogP contribution >= 0.6 is 0 Å². The zero-order valence-corrected chi connectivity index (χ0v) is 11.4. The van der Waals surface area contributed by atoms with Gasteiger partial charge in [-0.15, -0.1) is 0 Å². The number of likely N-dealkylation sites (tertiary alicyclic amines) is 1. The third-order valence-corrected chi connectivity index (χ3v) is 4.05. The van der Waals surface area contributed by atoms with Crippen LogP contribution < -0.4 is 5.73 Å². The van der Waals surface area contributed by atoms with E-state index < -0.39 is 0 Å². The lowest BCUT2D eigenvalue weighted by Crippen LogP contribution is -2.50. The molecular weight excluding hydrogens is 198 g/mol. The van der Waals surface area contributed by atoms with Crippen LogP contribution in [0.4, 0.5) is 0 Å². The van der Waals surface area contributed by atoms with Gasteiger partial charge in [-0.05, 0) is 39.4 Å². The second-order valence-corrected chi connectivity index (χ2v) is 5.57. The predicted molar refractivity (Wildman–Crippen MR) is 70.6 cm³/mol. The molecule has 0 radical (unpaired) electrons. The maximum atomic E-state index is 6.22. The van der Waals surface area contributed by atoms with Crippen LogP contribution in [0.1, 0.15) is 33.1 Å². The van der Waals surface area contributed by atoms with E-state index in [0.717, 1.165) is 12.6 Å². The molecule has 1 heterocycles. The second kappa shape index (κ2) is 6.58. The Morgan fingerprint density at radius 3 is 2.69 bits per heavy atom. The fourth-order valence-electron chi connectivity index (χ4n) is 2.40. The summed E-state index contributed by atoms with van der Waals surface area (Å²) in [6.07, 6.45) is 3.84. The van der Waals surface area contributed by atoms with E-state index in [9.17, 15) is 0 Å². The van der Waals surface area contributed by atoms with E-state index >= 15 is 0 Å². The van der Waals surface area contributed by atoms with Crippen molar-refractivity contribution in [3.63, 3.8) is 0 Å². The number of piperidine rings is 1. The maximum Gasteiger partial charge on any atom is 0.0217 e. The first-order valence-corrected chi connectivity index (χ1v) is 6.69. The van der Waals surface area contributed by atoms with Crippen LogP contribution in [0.5, 0.6) is 0 Å². The monoisotopic (exact) mass is 227 g/mol. The van der Waals surface area contributed by atoms with E-state index in [1.54, 1.807) is 0 Å². The molecule has 1 aliphatic rings. The molecule has 0 saturated carbocycles. The lowest BCUT2D eigenvalue weighted by Gasteiger charge is -2.38. The van der Waals surface area contributed by atoms with E-state index in [4.69, 9.17) is 5.73 Å². The molecule has 96 valence electrons. The average Bonchev–Trinajstić information content (AvgIpc) is 2.28. The van der Waals surface area contributed by atoms with Crippen LogP contribution in [-0.2, 0) is 0 Å². The van der Waals surface area contributed by atoms with E-state index in [2.05, 4.69) is 37.7 Å². The lowest BCUT2D eigenvalue weighted by molar-refractivity contribution is 0.121. The number of likely N-dealkylation sites (N-methyl/N-ethyl adjacent to an activating group) is 1. The Morgan fingerprint density at radius 1 is 1.44 bits per heavy atom. The minimum absolute atomic E-state index is 0.339. The maximum absolute atomic E-state index is 6.22. The summed E-state index contributed by atoms with van der Waals surface area (Å²) >= 11 is 0. The summed E-state index contributed by atoms with van der Waals surface area (Å²) in [5.41, 5.74) is 6.22. The first-order valence-electron chi connectivity index (χ1n) is 6.69. The zero-order valence-electron chi connectivity index (χ0n) is 11.4. The van der Waals surface area contributed by atoms with Crippen molar-refractivity contribution in [3.05, 3.63) is 0 Å². The number of hydrogen-bond donors (Lipinski definition) is 1. The second-order valence-electron chi connectivity index (χ2n) is 5.57. The Balaban J connectivity index is 2.36. The summed E-state index contributed by atoms with van der Waals surface area (Å²) in [6, 6.07) is 1.06. The van der Waals surface area contributed by atoms with Gasteiger partial charge in [0.1, 0.15) is 0 Å². The van der Waals surface area contributed by atoms with Crippen LogP contribution in [0.25, 0.3) is 0 Å². The summed E-state index contributed by atoms with van der Waals surface area (Å²) in [7, 11) is 4.37. The highest BCUT2D eigenvalue weighted by molar-refractivity contribution is 4.81. The van der Waals surface area contributed by atoms with Crippen molar-refractivity contribution in [2.24, 2.45) is 11.7 Å². The molecule has 0 bridgehead atoms. The van der Waals surface area contributed by atoms with Gasteiger partial charge in [-0.25, -0.2) is 0 Å². The van der Waals surface area contributed by atoms with Crippen LogP contribution in [0.15, 0.2) is 0 Å². The standard InChI is InChI=1S/C13H29N3/c1-5-11(2)13(14)10-16-8-6-7-12(9-16)15(3)4/h11-13H,5-10,14H2,1-4H3. The molecule has 1 rings (SSSR count). The third kappa shape index (κ3) is 4.04. The molecule has 1 fully saturated rings. The SMILES string of the molecule is CCC(C)C(N)CN1CCCC(N(C)C)C1. The van der Waals surface area contributed by atoms with Gasteiger partial charge in [0.25, 0.3) is 0 Å². The fourth-order valence-corrected chi connectivity index (χ4v) is 2.40. The van der Waals surface area contributed by atoms with Crippen molar-refractivity contribution in [1.29, 1.82) is 0 Å².